The number of aliphatic carboxylic acids is 1. The van der Waals surface area contributed by atoms with Gasteiger partial charge in [-0.2, -0.15) is 0 Å². The third-order valence-electron chi connectivity index (χ3n) is 2.08. The zero-order valence-electron chi connectivity index (χ0n) is 8.19. The molecule has 0 aliphatic heterocycles. The zero-order valence-corrected chi connectivity index (χ0v) is 8.19. The lowest BCUT2D eigenvalue weighted by atomic mass is 9.96. The molecule has 0 spiro atoms. The van der Waals surface area contributed by atoms with Crippen molar-refractivity contribution in [2.24, 2.45) is 11.7 Å². The Balaban J connectivity index is 2.65. The highest BCUT2D eigenvalue weighted by atomic mass is 16.5. The van der Waals surface area contributed by atoms with Crippen LogP contribution in [0.15, 0.2) is 23.5 Å². The molecule has 1 aliphatic rings. The van der Waals surface area contributed by atoms with Crippen LogP contribution >= 0.6 is 0 Å². The number of ether oxygens (including phenoxy) is 1. The van der Waals surface area contributed by atoms with E-state index in [-0.39, 0.29) is 6.61 Å². The van der Waals surface area contributed by atoms with Crippen LogP contribution in [0.4, 0.5) is 0 Å². The number of allylic oxidation sites excluding steroid dienone is 2. The second kappa shape index (κ2) is 4.81. The molecular formula is C10H15NO3. The van der Waals surface area contributed by atoms with Gasteiger partial charge in [-0.3, -0.25) is 0 Å². The van der Waals surface area contributed by atoms with E-state index in [1.807, 2.05) is 13.0 Å². The average Bonchev–Trinajstić information content (AvgIpc) is 2.15. The summed E-state index contributed by atoms with van der Waals surface area (Å²) in [5.74, 6) is 0.134. The van der Waals surface area contributed by atoms with E-state index < -0.39 is 5.97 Å². The van der Waals surface area contributed by atoms with E-state index in [1.54, 1.807) is 0 Å². The lowest BCUT2D eigenvalue weighted by Crippen LogP contribution is -2.15. The lowest BCUT2D eigenvalue weighted by Gasteiger charge is -2.19. The van der Waals surface area contributed by atoms with E-state index >= 15 is 0 Å². The Hall–Kier alpha value is -1.29. The van der Waals surface area contributed by atoms with Gasteiger partial charge in [-0.25, -0.2) is 4.79 Å². The second-order valence-corrected chi connectivity index (χ2v) is 3.38. The van der Waals surface area contributed by atoms with E-state index in [4.69, 9.17) is 15.6 Å². The number of carboxylic acids is 1. The van der Waals surface area contributed by atoms with Crippen molar-refractivity contribution in [3.63, 3.8) is 0 Å². The molecule has 1 unspecified atom stereocenters. The van der Waals surface area contributed by atoms with Gasteiger partial charge in [0.15, 0.2) is 6.61 Å². The van der Waals surface area contributed by atoms with E-state index in [1.165, 1.54) is 0 Å². The Morgan fingerprint density at radius 3 is 3.07 bits per heavy atom. The minimum Gasteiger partial charge on any atom is -0.486 e. The monoisotopic (exact) mass is 197 g/mol. The van der Waals surface area contributed by atoms with E-state index in [2.05, 4.69) is 6.08 Å². The van der Waals surface area contributed by atoms with Crippen LogP contribution < -0.4 is 5.73 Å². The van der Waals surface area contributed by atoms with Gasteiger partial charge in [-0.15, -0.1) is 0 Å². The molecule has 4 nitrogen and oxygen atoms in total. The van der Waals surface area contributed by atoms with E-state index in [0.717, 1.165) is 12.0 Å². The molecule has 0 amide bonds. The van der Waals surface area contributed by atoms with Gasteiger partial charge in [-0.05, 0) is 5.92 Å². The number of rotatable bonds is 4. The number of hydrogen-bond donors (Lipinski definition) is 2. The van der Waals surface area contributed by atoms with Crippen molar-refractivity contribution in [2.75, 3.05) is 13.2 Å². The quantitative estimate of drug-likeness (QED) is 0.702. The van der Waals surface area contributed by atoms with Crippen LogP contribution in [-0.2, 0) is 9.53 Å². The first-order valence-corrected chi connectivity index (χ1v) is 4.58. The maximum Gasteiger partial charge on any atom is 0.341 e. The third kappa shape index (κ3) is 2.88. The molecule has 0 bridgehead atoms. The molecule has 3 N–H and O–H groups in total. The van der Waals surface area contributed by atoms with Crippen molar-refractivity contribution in [3.8, 4) is 0 Å². The largest absolute Gasteiger partial charge is 0.486 e. The minimum absolute atomic E-state index is 0.292. The zero-order chi connectivity index (χ0) is 10.6. The third-order valence-corrected chi connectivity index (χ3v) is 2.08. The molecule has 78 valence electrons. The van der Waals surface area contributed by atoms with Gasteiger partial charge in [0, 0.05) is 18.5 Å². The molecule has 1 aliphatic carbocycles. The normalized spacial score (nSPS) is 21.1. The van der Waals surface area contributed by atoms with Gasteiger partial charge in [-0.1, -0.05) is 19.1 Å². The summed E-state index contributed by atoms with van der Waals surface area (Å²) in [4.78, 5) is 10.3. The van der Waals surface area contributed by atoms with Gasteiger partial charge in [0.05, 0.1) is 0 Å². The molecule has 0 saturated heterocycles. The van der Waals surface area contributed by atoms with Gasteiger partial charge in [0.25, 0.3) is 0 Å². The van der Waals surface area contributed by atoms with Gasteiger partial charge < -0.3 is 15.6 Å². The summed E-state index contributed by atoms with van der Waals surface area (Å²) in [6.45, 7) is 2.14. The highest BCUT2D eigenvalue weighted by Crippen LogP contribution is 2.23. The fourth-order valence-corrected chi connectivity index (χ4v) is 1.35. The molecular weight excluding hydrogens is 182 g/mol. The molecule has 0 aromatic rings. The van der Waals surface area contributed by atoms with Crippen molar-refractivity contribution in [1.82, 2.24) is 0 Å². The highest BCUT2D eigenvalue weighted by Gasteiger charge is 2.14. The number of carbonyl (C=O) groups is 1. The Morgan fingerprint density at radius 1 is 1.79 bits per heavy atom. The Bertz CT molecular complexity index is 281. The van der Waals surface area contributed by atoms with E-state index in [9.17, 15) is 4.79 Å². The van der Waals surface area contributed by atoms with Crippen LogP contribution in [0, 0.1) is 5.92 Å². The first-order valence-electron chi connectivity index (χ1n) is 4.58. The summed E-state index contributed by atoms with van der Waals surface area (Å²) in [6.07, 6.45) is 4.69. The fraction of sp³-hybridized carbons (Fsp3) is 0.500. The summed E-state index contributed by atoms with van der Waals surface area (Å²) < 4.78 is 5.17. The van der Waals surface area contributed by atoms with Crippen molar-refractivity contribution >= 4 is 5.97 Å². The topological polar surface area (TPSA) is 72.5 Å². The molecule has 0 radical (unpaired) electrons. The molecule has 4 heteroatoms. The van der Waals surface area contributed by atoms with Gasteiger partial charge in [0.2, 0.25) is 0 Å². The van der Waals surface area contributed by atoms with Crippen molar-refractivity contribution < 1.29 is 14.6 Å². The Kier molecular flexibility index (Phi) is 3.71. The van der Waals surface area contributed by atoms with Gasteiger partial charge >= 0.3 is 5.97 Å². The first-order chi connectivity index (χ1) is 6.63. The van der Waals surface area contributed by atoms with Crippen molar-refractivity contribution in [3.05, 3.63) is 23.5 Å². The van der Waals surface area contributed by atoms with Crippen LogP contribution in [0.25, 0.3) is 0 Å². The second-order valence-electron chi connectivity index (χ2n) is 3.38. The summed E-state index contributed by atoms with van der Waals surface area (Å²) >= 11 is 0. The van der Waals surface area contributed by atoms with Crippen LogP contribution in [0.5, 0.6) is 0 Å². The fourth-order valence-electron chi connectivity index (χ4n) is 1.35. The standard InChI is InChI=1S/C10H15NO3/c1-7-2-3-8(5-11)9(4-7)14-6-10(12)13/h2-3,7H,4-6,11H2,1H3,(H,12,13). The molecule has 0 saturated carbocycles. The number of hydrogen-bond acceptors (Lipinski definition) is 3. The molecule has 0 aromatic carbocycles. The molecule has 0 fully saturated rings. The van der Waals surface area contributed by atoms with Gasteiger partial charge in [0.1, 0.15) is 5.76 Å². The maximum atomic E-state index is 10.3. The first kappa shape index (κ1) is 10.8. The van der Waals surface area contributed by atoms with E-state index in [0.29, 0.717) is 18.2 Å². The molecule has 0 aromatic heterocycles. The smallest absolute Gasteiger partial charge is 0.341 e. The van der Waals surface area contributed by atoms with Crippen molar-refractivity contribution in [1.29, 1.82) is 0 Å². The summed E-state index contributed by atoms with van der Waals surface area (Å²) in [6, 6.07) is 0. The summed E-state index contributed by atoms with van der Waals surface area (Å²) in [7, 11) is 0. The highest BCUT2D eigenvalue weighted by molar-refractivity contribution is 5.68. The summed E-state index contributed by atoms with van der Waals surface area (Å²) in [5.41, 5.74) is 6.40. The van der Waals surface area contributed by atoms with Crippen LogP contribution in [-0.4, -0.2) is 24.2 Å². The van der Waals surface area contributed by atoms with Crippen LogP contribution in [0.3, 0.4) is 0 Å². The number of carboxylic acid groups (broad SMARTS) is 1. The lowest BCUT2D eigenvalue weighted by molar-refractivity contribution is -0.140. The summed E-state index contributed by atoms with van der Waals surface area (Å²) in [5, 5.41) is 8.47. The maximum absolute atomic E-state index is 10.3. The Morgan fingerprint density at radius 2 is 2.50 bits per heavy atom. The predicted octanol–water partition coefficient (Wildman–Crippen LogP) is 0.896. The number of nitrogens with two attached hydrogens (primary N) is 1. The minimum atomic E-state index is -0.962. The predicted molar refractivity (Wildman–Crippen MR) is 52.6 cm³/mol. The van der Waals surface area contributed by atoms with Crippen LogP contribution in [0.1, 0.15) is 13.3 Å². The van der Waals surface area contributed by atoms with Crippen LogP contribution in [0.2, 0.25) is 0 Å². The molecule has 1 atom stereocenters. The SMILES string of the molecule is CC1C=CC(CN)=C(OCC(=O)O)C1. The molecule has 14 heavy (non-hydrogen) atoms. The molecule has 1 rings (SSSR count). The average molecular weight is 197 g/mol. The molecule has 0 heterocycles. The van der Waals surface area contributed by atoms with Crippen molar-refractivity contribution in [2.45, 2.75) is 13.3 Å². The Labute approximate surface area is 83.0 Å².